The SMILES string of the molecule is CC1C(C)C2C(c3ccccc3)CC3C4CC(c5ccccc5)C5C(C)C(C)C6C(c7ccccc7)CC(C7CC(c8ccccc8)C1C2C73)C4C65. The van der Waals surface area contributed by atoms with E-state index in [1.54, 1.807) is 22.3 Å². The molecule has 0 amide bonds. The standard InChI is InChI=1S/C52H60/c1-29-30(2)46-38(34-19-11-6-12-20-34)26-42-44-28-40(36-23-15-8-16-24-36)48-32(4)31(3)47-39(35-21-13-7-14-22-35)27-43(50(44)52(47)48)41-25-37(33-17-9-5-10-18-33)45(29)51(46)49(41)42/h5-24,29-32,37-52H,25-28H2,1-4H3. The summed E-state index contributed by atoms with van der Waals surface area (Å²) in [5, 5.41) is 0. The topological polar surface area (TPSA) is 0 Å². The lowest BCUT2D eigenvalue weighted by Crippen LogP contribution is -2.62. The molecule has 4 aromatic carbocycles. The molecule has 16 unspecified atom stereocenters. The molecule has 7 aliphatic carbocycles. The molecule has 52 heavy (non-hydrogen) atoms. The van der Waals surface area contributed by atoms with E-state index in [4.69, 9.17) is 0 Å². The van der Waals surface area contributed by atoms with Crippen molar-refractivity contribution in [2.75, 3.05) is 0 Å². The Morgan fingerprint density at radius 2 is 0.481 bits per heavy atom. The summed E-state index contributed by atoms with van der Waals surface area (Å²) in [6.07, 6.45) is 5.77. The van der Waals surface area contributed by atoms with Crippen LogP contribution < -0.4 is 0 Å². The Labute approximate surface area is 314 Å². The van der Waals surface area contributed by atoms with Crippen molar-refractivity contribution in [1.82, 2.24) is 0 Å². The first-order chi connectivity index (χ1) is 25.5. The lowest BCUT2D eigenvalue weighted by atomic mass is 9.36. The molecule has 0 heterocycles. The summed E-state index contributed by atoms with van der Waals surface area (Å²) in [5.41, 5.74) is 6.64. The van der Waals surface area contributed by atoms with E-state index >= 15 is 0 Å². The Bertz CT molecular complexity index is 1590. The number of benzene rings is 4. The van der Waals surface area contributed by atoms with E-state index in [1.807, 2.05) is 0 Å². The Morgan fingerprint density at radius 3 is 0.692 bits per heavy atom. The number of hydrogen-bond acceptors (Lipinski definition) is 0. The molecule has 0 N–H and O–H groups in total. The normalized spacial score (nSPS) is 48.1. The molecule has 0 radical (unpaired) electrons. The fourth-order valence-electron chi connectivity index (χ4n) is 17.2. The molecule has 0 aliphatic heterocycles. The number of hydrogen-bond donors (Lipinski definition) is 0. The highest BCUT2D eigenvalue weighted by Gasteiger charge is 2.71. The van der Waals surface area contributed by atoms with Gasteiger partial charge in [0.1, 0.15) is 0 Å². The zero-order chi connectivity index (χ0) is 34.8. The second-order valence-electron chi connectivity index (χ2n) is 19.7. The van der Waals surface area contributed by atoms with E-state index in [0.717, 1.165) is 94.7 Å². The van der Waals surface area contributed by atoms with Crippen molar-refractivity contribution in [1.29, 1.82) is 0 Å². The lowest BCUT2D eigenvalue weighted by molar-refractivity contribution is -0.184. The molecule has 0 bridgehead atoms. The van der Waals surface area contributed by atoms with Crippen LogP contribution >= 0.6 is 0 Å². The van der Waals surface area contributed by atoms with Crippen LogP contribution in [0, 0.1) is 94.7 Å². The largest absolute Gasteiger partial charge is 0.0622 e. The minimum atomic E-state index is 0.701. The van der Waals surface area contributed by atoms with E-state index in [0.29, 0.717) is 23.7 Å². The highest BCUT2D eigenvalue weighted by Crippen LogP contribution is 2.78. The molecule has 4 aromatic rings. The van der Waals surface area contributed by atoms with Gasteiger partial charge < -0.3 is 0 Å². The average molecular weight is 685 g/mol. The minimum absolute atomic E-state index is 0.701. The van der Waals surface area contributed by atoms with Gasteiger partial charge in [0.15, 0.2) is 0 Å². The van der Waals surface area contributed by atoms with Gasteiger partial charge in [0.05, 0.1) is 0 Å². The molecule has 7 fully saturated rings. The van der Waals surface area contributed by atoms with Crippen molar-refractivity contribution in [2.24, 2.45) is 94.7 Å². The third-order valence-corrected chi connectivity index (χ3v) is 18.7. The monoisotopic (exact) mass is 684 g/mol. The summed E-state index contributed by atoms with van der Waals surface area (Å²) in [7, 11) is 0. The van der Waals surface area contributed by atoms with Gasteiger partial charge in [-0.2, -0.15) is 0 Å². The predicted octanol–water partition coefficient (Wildman–Crippen LogP) is 12.7. The highest BCUT2D eigenvalue weighted by molar-refractivity contribution is 5.34. The molecule has 0 heteroatoms. The first-order valence-corrected chi connectivity index (χ1v) is 21.7. The van der Waals surface area contributed by atoms with Crippen molar-refractivity contribution >= 4 is 0 Å². The van der Waals surface area contributed by atoms with E-state index in [1.165, 1.54) is 25.7 Å². The molecular formula is C52H60. The molecule has 0 saturated heterocycles. The maximum Gasteiger partial charge on any atom is -0.0125 e. The molecule has 0 nitrogen and oxygen atoms in total. The van der Waals surface area contributed by atoms with Crippen LogP contribution in [0.1, 0.15) is 99.3 Å². The quantitative estimate of drug-likeness (QED) is 0.201. The molecular weight excluding hydrogens is 625 g/mol. The Balaban J connectivity index is 1.12. The zero-order valence-corrected chi connectivity index (χ0v) is 31.9. The van der Waals surface area contributed by atoms with E-state index in [-0.39, 0.29) is 0 Å². The van der Waals surface area contributed by atoms with Gasteiger partial charge in [-0.05, 0) is 166 Å². The van der Waals surface area contributed by atoms with Crippen LogP contribution in [0.4, 0.5) is 0 Å². The van der Waals surface area contributed by atoms with Gasteiger partial charge in [0, 0.05) is 0 Å². The van der Waals surface area contributed by atoms with Crippen molar-refractivity contribution in [3.63, 3.8) is 0 Å². The summed E-state index contributed by atoms with van der Waals surface area (Å²) >= 11 is 0. The minimum Gasteiger partial charge on any atom is -0.0622 e. The van der Waals surface area contributed by atoms with Gasteiger partial charge in [0.25, 0.3) is 0 Å². The molecule has 268 valence electrons. The van der Waals surface area contributed by atoms with Crippen molar-refractivity contribution in [2.45, 2.75) is 77.0 Å². The highest BCUT2D eigenvalue weighted by atomic mass is 14.8. The predicted molar refractivity (Wildman–Crippen MR) is 214 cm³/mol. The average Bonchev–Trinajstić information content (AvgIpc) is 3.63. The summed E-state index contributed by atoms with van der Waals surface area (Å²) in [4.78, 5) is 0. The van der Waals surface area contributed by atoms with Gasteiger partial charge in [-0.25, -0.2) is 0 Å². The maximum absolute atomic E-state index is 2.70. The molecule has 7 aliphatic rings. The second-order valence-corrected chi connectivity index (χ2v) is 19.7. The summed E-state index contributed by atoms with van der Waals surface area (Å²) < 4.78 is 0. The smallest absolute Gasteiger partial charge is 0.0125 e. The first kappa shape index (κ1) is 32.3. The van der Waals surface area contributed by atoms with Crippen LogP contribution in [-0.2, 0) is 0 Å². The molecule has 11 rings (SSSR count). The lowest BCUT2D eigenvalue weighted by Gasteiger charge is -2.68. The van der Waals surface area contributed by atoms with Crippen LogP contribution in [0.3, 0.4) is 0 Å². The Morgan fingerprint density at radius 1 is 0.269 bits per heavy atom. The summed E-state index contributed by atoms with van der Waals surface area (Å²) in [6.45, 7) is 10.8. The number of rotatable bonds is 4. The Hall–Kier alpha value is -3.12. The first-order valence-electron chi connectivity index (χ1n) is 21.7. The van der Waals surface area contributed by atoms with Crippen LogP contribution in [0.5, 0.6) is 0 Å². The third kappa shape index (κ3) is 4.45. The van der Waals surface area contributed by atoms with Crippen molar-refractivity contribution in [3.05, 3.63) is 144 Å². The van der Waals surface area contributed by atoms with Crippen LogP contribution in [0.15, 0.2) is 121 Å². The van der Waals surface area contributed by atoms with Crippen LogP contribution in [0.2, 0.25) is 0 Å². The second kappa shape index (κ2) is 12.2. The summed E-state index contributed by atoms with van der Waals surface area (Å²) in [5.74, 6) is 16.1. The van der Waals surface area contributed by atoms with E-state index in [9.17, 15) is 0 Å². The van der Waals surface area contributed by atoms with Crippen LogP contribution in [0.25, 0.3) is 0 Å². The fraction of sp³-hybridized carbons (Fsp3) is 0.538. The van der Waals surface area contributed by atoms with Gasteiger partial charge in [-0.3, -0.25) is 0 Å². The van der Waals surface area contributed by atoms with Crippen molar-refractivity contribution in [3.8, 4) is 0 Å². The third-order valence-electron chi connectivity index (χ3n) is 18.7. The van der Waals surface area contributed by atoms with Gasteiger partial charge in [0.2, 0.25) is 0 Å². The molecule has 7 saturated carbocycles. The molecule has 0 spiro atoms. The number of fused-ring (bicyclic) bond motifs is 2. The fourth-order valence-corrected chi connectivity index (χ4v) is 17.2. The Kier molecular flexibility index (Phi) is 7.58. The maximum atomic E-state index is 2.70. The van der Waals surface area contributed by atoms with E-state index in [2.05, 4.69) is 149 Å². The van der Waals surface area contributed by atoms with Gasteiger partial charge in [-0.1, -0.05) is 149 Å². The summed E-state index contributed by atoms with van der Waals surface area (Å²) in [6, 6.07) is 48.1. The van der Waals surface area contributed by atoms with Crippen LogP contribution in [-0.4, -0.2) is 0 Å². The van der Waals surface area contributed by atoms with E-state index < -0.39 is 0 Å². The molecule has 16 atom stereocenters. The van der Waals surface area contributed by atoms with Crippen molar-refractivity contribution < 1.29 is 0 Å². The van der Waals surface area contributed by atoms with Gasteiger partial charge in [-0.15, -0.1) is 0 Å². The zero-order valence-electron chi connectivity index (χ0n) is 31.9. The van der Waals surface area contributed by atoms with Gasteiger partial charge >= 0.3 is 0 Å². The molecule has 0 aromatic heterocycles.